The molecule has 0 fully saturated rings. The van der Waals surface area contributed by atoms with Crippen molar-refractivity contribution in [3.63, 3.8) is 0 Å². The van der Waals surface area contributed by atoms with Gasteiger partial charge in [-0.05, 0) is 12.1 Å². The second kappa shape index (κ2) is 3.96. The third-order valence-electron chi connectivity index (χ3n) is 2.74. The number of carbonyl (C=O) groups is 2. The minimum Gasteiger partial charge on any atom is -0.497 e. The SMILES string of the molecule is COc1ccc2c(c1)N(C(C)=O)CCC2=O. The van der Waals surface area contributed by atoms with Crippen molar-refractivity contribution in [1.82, 2.24) is 0 Å². The number of anilines is 1. The van der Waals surface area contributed by atoms with Gasteiger partial charge >= 0.3 is 0 Å². The van der Waals surface area contributed by atoms with Crippen molar-refractivity contribution in [2.24, 2.45) is 0 Å². The van der Waals surface area contributed by atoms with Gasteiger partial charge in [-0.15, -0.1) is 0 Å². The normalized spacial score (nSPS) is 14.6. The van der Waals surface area contributed by atoms with Crippen LogP contribution in [0.4, 0.5) is 5.69 Å². The number of benzene rings is 1. The van der Waals surface area contributed by atoms with Crippen LogP contribution in [0.3, 0.4) is 0 Å². The van der Waals surface area contributed by atoms with Gasteiger partial charge in [-0.25, -0.2) is 0 Å². The van der Waals surface area contributed by atoms with Gasteiger partial charge in [0.2, 0.25) is 5.91 Å². The molecule has 84 valence electrons. The standard InChI is InChI=1S/C12H13NO3/c1-8(14)13-6-5-12(15)10-4-3-9(16-2)7-11(10)13/h3-4,7H,5-6H2,1-2H3. The van der Waals surface area contributed by atoms with Crippen LogP contribution in [0.1, 0.15) is 23.7 Å². The Kier molecular flexibility index (Phi) is 2.64. The van der Waals surface area contributed by atoms with E-state index < -0.39 is 0 Å². The number of amides is 1. The lowest BCUT2D eigenvalue weighted by atomic mass is 10.00. The van der Waals surface area contributed by atoms with Crippen LogP contribution in [0.5, 0.6) is 5.75 Å². The average Bonchev–Trinajstić information content (AvgIpc) is 2.28. The number of rotatable bonds is 1. The fourth-order valence-corrected chi connectivity index (χ4v) is 1.89. The molecule has 0 saturated carbocycles. The molecule has 0 aliphatic carbocycles. The van der Waals surface area contributed by atoms with E-state index in [2.05, 4.69) is 0 Å². The van der Waals surface area contributed by atoms with Gasteiger partial charge in [0.25, 0.3) is 0 Å². The van der Waals surface area contributed by atoms with Crippen molar-refractivity contribution in [3.05, 3.63) is 23.8 Å². The summed E-state index contributed by atoms with van der Waals surface area (Å²) in [4.78, 5) is 24.7. The molecule has 0 radical (unpaired) electrons. The summed E-state index contributed by atoms with van der Waals surface area (Å²) >= 11 is 0. The smallest absolute Gasteiger partial charge is 0.223 e. The lowest BCUT2D eigenvalue weighted by Crippen LogP contribution is -2.35. The summed E-state index contributed by atoms with van der Waals surface area (Å²) < 4.78 is 5.09. The Hall–Kier alpha value is -1.84. The summed E-state index contributed by atoms with van der Waals surface area (Å²) in [5.41, 5.74) is 1.25. The maximum Gasteiger partial charge on any atom is 0.223 e. The monoisotopic (exact) mass is 219 g/mol. The van der Waals surface area contributed by atoms with Gasteiger partial charge in [-0.1, -0.05) is 0 Å². The Labute approximate surface area is 93.8 Å². The number of methoxy groups -OCH3 is 1. The molecule has 16 heavy (non-hydrogen) atoms. The van der Waals surface area contributed by atoms with Gasteiger partial charge in [-0.3, -0.25) is 9.59 Å². The highest BCUT2D eigenvalue weighted by molar-refractivity contribution is 6.08. The Bertz CT molecular complexity index is 454. The molecule has 1 heterocycles. The number of ketones is 1. The van der Waals surface area contributed by atoms with E-state index in [-0.39, 0.29) is 11.7 Å². The Morgan fingerprint density at radius 2 is 2.19 bits per heavy atom. The summed E-state index contributed by atoms with van der Waals surface area (Å²) in [6.07, 6.45) is 0.388. The summed E-state index contributed by atoms with van der Waals surface area (Å²) in [6.45, 7) is 1.95. The van der Waals surface area contributed by atoms with Crippen LogP contribution in [0.2, 0.25) is 0 Å². The molecule has 0 unspecified atom stereocenters. The Morgan fingerprint density at radius 3 is 2.81 bits per heavy atom. The van der Waals surface area contributed by atoms with Gasteiger partial charge in [0.05, 0.1) is 12.8 Å². The number of ether oxygens (including phenoxy) is 1. The van der Waals surface area contributed by atoms with E-state index in [1.807, 2.05) is 0 Å². The summed E-state index contributed by atoms with van der Waals surface area (Å²) in [7, 11) is 1.56. The Balaban J connectivity index is 2.53. The number of nitrogens with zero attached hydrogens (tertiary/aromatic N) is 1. The highest BCUT2D eigenvalue weighted by Crippen LogP contribution is 2.30. The maximum absolute atomic E-state index is 11.7. The largest absolute Gasteiger partial charge is 0.497 e. The lowest BCUT2D eigenvalue weighted by Gasteiger charge is -2.27. The van der Waals surface area contributed by atoms with Crippen molar-refractivity contribution in [1.29, 1.82) is 0 Å². The molecule has 0 aromatic heterocycles. The summed E-state index contributed by atoms with van der Waals surface area (Å²) in [5, 5.41) is 0. The third-order valence-corrected chi connectivity index (χ3v) is 2.74. The van der Waals surface area contributed by atoms with E-state index in [4.69, 9.17) is 4.74 Å². The van der Waals surface area contributed by atoms with Crippen molar-refractivity contribution in [2.45, 2.75) is 13.3 Å². The van der Waals surface area contributed by atoms with Crippen LogP contribution >= 0.6 is 0 Å². The first kappa shape index (κ1) is 10.7. The van der Waals surface area contributed by atoms with Gasteiger partial charge in [0.15, 0.2) is 5.78 Å². The average molecular weight is 219 g/mol. The zero-order valence-corrected chi connectivity index (χ0v) is 9.32. The molecule has 0 spiro atoms. The molecule has 0 saturated heterocycles. The van der Waals surface area contributed by atoms with Crippen molar-refractivity contribution in [3.8, 4) is 5.75 Å². The molecular formula is C12H13NO3. The van der Waals surface area contributed by atoms with E-state index >= 15 is 0 Å². The third kappa shape index (κ3) is 1.66. The van der Waals surface area contributed by atoms with Crippen molar-refractivity contribution in [2.75, 3.05) is 18.6 Å². The van der Waals surface area contributed by atoms with Gasteiger partial charge < -0.3 is 9.64 Å². The van der Waals surface area contributed by atoms with Gasteiger partial charge in [0, 0.05) is 31.5 Å². The zero-order chi connectivity index (χ0) is 11.7. The van der Waals surface area contributed by atoms with E-state index in [9.17, 15) is 9.59 Å². The van der Waals surface area contributed by atoms with Crippen LogP contribution in [0.25, 0.3) is 0 Å². The lowest BCUT2D eigenvalue weighted by molar-refractivity contribution is -0.116. The van der Waals surface area contributed by atoms with E-state index in [1.165, 1.54) is 6.92 Å². The van der Waals surface area contributed by atoms with Crippen molar-refractivity contribution >= 4 is 17.4 Å². The molecule has 1 amide bonds. The predicted molar refractivity (Wildman–Crippen MR) is 60.0 cm³/mol. The van der Waals surface area contributed by atoms with Crippen LogP contribution in [0.15, 0.2) is 18.2 Å². The van der Waals surface area contributed by atoms with Crippen LogP contribution in [-0.4, -0.2) is 25.3 Å². The van der Waals surface area contributed by atoms with Crippen molar-refractivity contribution < 1.29 is 14.3 Å². The molecule has 1 aliphatic heterocycles. The zero-order valence-electron chi connectivity index (χ0n) is 9.32. The van der Waals surface area contributed by atoms with E-state index in [0.29, 0.717) is 30.0 Å². The number of hydrogen-bond donors (Lipinski definition) is 0. The molecule has 0 N–H and O–H groups in total. The molecule has 1 aromatic carbocycles. The van der Waals surface area contributed by atoms with Crippen LogP contribution < -0.4 is 9.64 Å². The quantitative estimate of drug-likeness (QED) is 0.721. The number of fused-ring (bicyclic) bond motifs is 1. The number of Topliss-reactive ketones (excluding diaryl/α,β-unsaturated/α-hetero) is 1. The molecule has 0 atom stereocenters. The molecule has 2 rings (SSSR count). The molecule has 1 aliphatic rings. The highest BCUT2D eigenvalue weighted by Gasteiger charge is 2.25. The molecule has 4 heteroatoms. The number of hydrogen-bond acceptors (Lipinski definition) is 3. The molecule has 0 bridgehead atoms. The summed E-state index contributed by atoms with van der Waals surface area (Å²) in [6, 6.07) is 5.18. The Morgan fingerprint density at radius 1 is 1.44 bits per heavy atom. The molecule has 4 nitrogen and oxygen atoms in total. The molecular weight excluding hydrogens is 206 g/mol. The maximum atomic E-state index is 11.7. The minimum atomic E-state index is -0.0537. The first-order valence-electron chi connectivity index (χ1n) is 5.13. The second-order valence-electron chi connectivity index (χ2n) is 3.73. The fraction of sp³-hybridized carbons (Fsp3) is 0.333. The number of carbonyl (C=O) groups excluding carboxylic acids is 2. The first-order chi connectivity index (χ1) is 7.63. The van der Waals surface area contributed by atoms with E-state index in [0.717, 1.165) is 0 Å². The topological polar surface area (TPSA) is 46.6 Å². The summed E-state index contributed by atoms with van der Waals surface area (Å²) in [5.74, 6) is 0.678. The van der Waals surface area contributed by atoms with Gasteiger partial charge in [-0.2, -0.15) is 0 Å². The fourth-order valence-electron chi connectivity index (χ4n) is 1.89. The molecule has 1 aromatic rings. The van der Waals surface area contributed by atoms with Crippen LogP contribution in [0, 0.1) is 0 Å². The first-order valence-corrected chi connectivity index (χ1v) is 5.13. The van der Waals surface area contributed by atoms with E-state index in [1.54, 1.807) is 30.2 Å². The minimum absolute atomic E-state index is 0.0537. The highest BCUT2D eigenvalue weighted by atomic mass is 16.5. The second-order valence-corrected chi connectivity index (χ2v) is 3.73. The van der Waals surface area contributed by atoms with Gasteiger partial charge in [0.1, 0.15) is 5.75 Å². The van der Waals surface area contributed by atoms with Crippen LogP contribution in [-0.2, 0) is 4.79 Å². The predicted octanol–water partition coefficient (Wildman–Crippen LogP) is 1.63.